The summed E-state index contributed by atoms with van der Waals surface area (Å²) in [4.78, 5) is 0. The summed E-state index contributed by atoms with van der Waals surface area (Å²) in [6.07, 6.45) is 5.34. The minimum absolute atomic E-state index is 0.263. The predicted octanol–water partition coefficient (Wildman–Crippen LogP) is 3.26. The molecule has 2 N–H and O–H groups in total. The van der Waals surface area contributed by atoms with Gasteiger partial charge in [-0.05, 0) is 25.3 Å². The molecular weight excluding hydrogens is 290 g/mol. The quantitative estimate of drug-likeness (QED) is 0.941. The van der Waals surface area contributed by atoms with E-state index in [9.17, 15) is 0 Å². The van der Waals surface area contributed by atoms with Crippen molar-refractivity contribution in [1.82, 2.24) is 9.78 Å². The lowest BCUT2D eigenvalue weighted by Gasteiger charge is -2.27. The molecule has 1 fully saturated rings. The molecule has 1 aromatic carbocycles. The smallest absolute Gasteiger partial charge is 0.162 e. The zero-order valence-corrected chi connectivity index (χ0v) is 12.9. The fourth-order valence-electron chi connectivity index (χ4n) is 2.32. The van der Waals surface area contributed by atoms with Gasteiger partial charge in [0, 0.05) is 24.2 Å². The predicted molar refractivity (Wildman–Crippen MR) is 82.9 cm³/mol. The van der Waals surface area contributed by atoms with Gasteiger partial charge in [0.25, 0.3) is 0 Å². The number of aromatic nitrogens is 2. The number of nitrogen functional groups attached to an aromatic ring is 1. The van der Waals surface area contributed by atoms with Crippen molar-refractivity contribution < 1.29 is 9.47 Å². The van der Waals surface area contributed by atoms with Crippen molar-refractivity contribution in [3.05, 3.63) is 23.4 Å². The number of nitrogens with two attached hydrogens (primary N) is 1. The van der Waals surface area contributed by atoms with Crippen LogP contribution in [0.15, 0.2) is 18.3 Å². The minimum atomic E-state index is 0.263. The van der Waals surface area contributed by atoms with Gasteiger partial charge in [0.15, 0.2) is 11.5 Å². The Morgan fingerprint density at radius 1 is 1.29 bits per heavy atom. The summed E-state index contributed by atoms with van der Waals surface area (Å²) in [5, 5.41) is 4.72. The minimum Gasteiger partial charge on any atom is -0.493 e. The molecule has 1 aliphatic rings. The molecule has 21 heavy (non-hydrogen) atoms. The van der Waals surface area contributed by atoms with Crippen LogP contribution in [0.3, 0.4) is 0 Å². The summed E-state index contributed by atoms with van der Waals surface area (Å²) < 4.78 is 13.0. The maximum absolute atomic E-state index is 6.35. The Bertz CT molecular complexity index is 665. The molecule has 0 radical (unpaired) electrons. The van der Waals surface area contributed by atoms with Crippen LogP contribution < -0.4 is 15.2 Å². The van der Waals surface area contributed by atoms with E-state index in [1.807, 2.05) is 6.07 Å². The molecule has 2 aromatic rings. The average Bonchev–Trinajstić information content (AvgIpc) is 2.75. The Morgan fingerprint density at radius 2 is 2.05 bits per heavy atom. The third-order valence-corrected chi connectivity index (χ3v) is 4.19. The van der Waals surface area contributed by atoms with Crippen LogP contribution in [0.4, 0.5) is 5.82 Å². The summed E-state index contributed by atoms with van der Waals surface area (Å²) in [6, 6.07) is 3.64. The van der Waals surface area contributed by atoms with E-state index in [1.165, 1.54) is 6.42 Å². The molecule has 0 aliphatic heterocycles. The molecule has 6 heteroatoms. The van der Waals surface area contributed by atoms with E-state index in [4.69, 9.17) is 26.8 Å². The molecule has 0 spiro atoms. The van der Waals surface area contributed by atoms with Crippen LogP contribution in [0.2, 0.25) is 5.02 Å². The highest BCUT2D eigenvalue weighted by atomic mass is 35.5. The van der Waals surface area contributed by atoms with E-state index in [0.717, 1.165) is 24.0 Å². The number of hydrogen-bond donors (Lipinski definition) is 1. The monoisotopic (exact) mass is 307 g/mol. The summed E-state index contributed by atoms with van der Waals surface area (Å²) in [5.74, 6) is 1.90. The first-order chi connectivity index (χ1) is 10.1. The van der Waals surface area contributed by atoms with Crippen molar-refractivity contribution in [3.63, 3.8) is 0 Å². The van der Waals surface area contributed by atoms with Gasteiger partial charge in [-0.1, -0.05) is 11.6 Å². The third kappa shape index (κ3) is 2.53. The molecule has 0 unspecified atom stereocenters. The molecule has 0 amide bonds. The van der Waals surface area contributed by atoms with Gasteiger partial charge in [0.05, 0.1) is 24.4 Å². The summed E-state index contributed by atoms with van der Waals surface area (Å²) >= 11 is 6.35. The number of anilines is 1. The van der Waals surface area contributed by atoms with Crippen LogP contribution >= 0.6 is 11.6 Å². The van der Waals surface area contributed by atoms with Gasteiger partial charge < -0.3 is 15.2 Å². The standard InChI is InChI=1S/C15H18ClN3O2/c1-19-15(17)11(8-18-19)10-6-14(21-9-4-3-5-9)13(20-2)7-12(10)16/h6-9H,3-5,17H2,1-2H3. The number of aryl methyl sites for hydroxylation is 1. The molecule has 0 saturated heterocycles. The largest absolute Gasteiger partial charge is 0.493 e. The number of rotatable bonds is 4. The number of nitrogens with zero attached hydrogens (tertiary/aromatic N) is 2. The third-order valence-electron chi connectivity index (χ3n) is 3.87. The van der Waals surface area contributed by atoms with Gasteiger partial charge in [-0.25, -0.2) is 0 Å². The second-order valence-corrected chi connectivity index (χ2v) is 5.63. The Hall–Kier alpha value is -1.88. The second kappa shape index (κ2) is 5.48. The highest BCUT2D eigenvalue weighted by Gasteiger charge is 2.22. The lowest BCUT2D eigenvalue weighted by atomic mass is 9.96. The number of hydrogen-bond acceptors (Lipinski definition) is 4. The molecule has 5 nitrogen and oxygen atoms in total. The van der Waals surface area contributed by atoms with E-state index in [2.05, 4.69) is 5.10 Å². The molecule has 0 bridgehead atoms. The molecule has 1 aromatic heterocycles. The van der Waals surface area contributed by atoms with Crippen molar-refractivity contribution in [1.29, 1.82) is 0 Å². The van der Waals surface area contributed by atoms with E-state index in [1.54, 1.807) is 31.1 Å². The fourth-order valence-corrected chi connectivity index (χ4v) is 2.57. The van der Waals surface area contributed by atoms with Crippen LogP contribution in [0.5, 0.6) is 11.5 Å². The molecule has 1 heterocycles. The van der Waals surface area contributed by atoms with Gasteiger partial charge in [-0.15, -0.1) is 0 Å². The summed E-state index contributed by atoms with van der Waals surface area (Å²) in [7, 11) is 3.40. The van der Waals surface area contributed by atoms with E-state index < -0.39 is 0 Å². The van der Waals surface area contributed by atoms with Crippen LogP contribution in [0.25, 0.3) is 11.1 Å². The SMILES string of the molecule is COc1cc(Cl)c(-c2cnn(C)c2N)cc1OC1CCC1. The molecule has 112 valence electrons. The molecule has 3 rings (SSSR count). The number of ether oxygens (including phenoxy) is 2. The first kappa shape index (κ1) is 14.1. The van der Waals surface area contributed by atoms with Gasteiger partial charge in [0.1, 0.15) is 5.82 Å². The zero-order chi connectivity index (χ0) is 15.0. The van der Waals surface area contributed by atoms with E-state index in [0.29, 0.717) is 22.3 Å². The topological polar surface area (TPSA) is 62.3 Å². The van der Waals surface area contributed by atoms with Crippen LogP contribution in [-0.2, 0) is 7.05 Å². The van der Waals surface area contributed by atoms with Crippen molar-refractivity contribution in [3.8, 4) is 22.6 Å². The number of halogens is 1. The molecular formula is C15H18ClN3O2. The molecule has 1 aliphatic carbocycles. The Labute approximate surface area is 128 Å². The van der Waals surface area contributed by atoms with Crippen molar-refractivity contribution in [2.24, 2.45) is 7.05 Å². The highest BCUT2D eigenvalue weighted by Crippen LogP contribution is 2.41. The summed E-state index contributed by atoms with van der Waals surface area (Å²) in [5.41, 5.74) is 7.63. The van der Waals surface area contributed by atoms with Crippen molar-refractivity contribution >= 4 is 17.4 Å². The van der Waals surface area contributed by atoms with Gasteiger partial charge in [0.2, 0.25) is 0 Å². The maximum Gasteiger partial charge on any atom is 0.162 e. The summed E-state index contributed by atoms with van der Waals surface area (Å²) in [6.45, 7) is 0. The lowest BCUT2D eigenvalue weighted by Crippen LogP contribution is -2.24. The van der Waals surface area contributed by atoms with Crippen LogP contribution in [-0.4, -0.2) is 23.0 Å². The van der Waals surface area contributed by atoms with Gasteiger partial charge in [-0.3, -0.25) is 4.68 Å². The van der Waals surface area contributed by atoms with Gasteiger partial charge in [-0.2, -0.15) is 5.10 Å². The second-order valence-electron chi connectivity index (χ2n) is 5.22. The number of benzene rings is 1. The first-order valence-corrected chi connectivity index (χ1v) is 7.30. The van der Waals surface area contributed by atoms with E-state index >= 15 is 0 Å². The Kier molecular flexibility index (Phi) is 3.68. The lowest BCUT2D eigenvalue weighted by molar-refractivity contribution is 0.116. The molecule has 0 atom stereocenters. The Morgan fingerprint density at radius 3 is 2.57 bits per heavy atom. The van der Waals surface area contributed by atoms with Crippen molar-refractivity contribution in [2.45, 2.75) is 25.4 Å². The van der Waals surface area contributed by atoms with Crippen LogP contribution in [0, 0.1) is 0 Å². The normalized spacial score (nSPS) is 14.8. The number of methoxy groups -OCH3 is 1. The first-order valence-electron chi connectivity index (χ1n) is 6.92. The average molecular weight is 308 g/mol. The van der Waals surface area contributed by atoms with Crippen LogP contribution in [0.1, 0.15) is 19.3 Å². The van der Waals surface area contributed by atoms with Gasteiger partial charge >= 0.3 is 0 Å². The van der Waals surface area contributed by atoms with E-state index in [-0.39, 0.29) is 6.10 Å². The molecule has 1 saturated carbocycles. The maximum atomic E-state index is 6.35. The Balaban J connectivity index is 2.03. The van der Waals surface area contributed by atoms with Crippen molar-refractivity contribution in [2.75, 3.05) is 12.8 Å². The fraction of sp³-hybridized carbons (Fsp3) is 0.400. The zero-order valence-electron chi connectivity index (χ0n) is 12.1. The highest BCUT2D eigenvalue weighted by molar-refractivity contribution is 6.33.